The zero-order chi connectivity index (χ0) is 23.9. The van der Waals surface area contributed by atoms with Crippen molar-refractivity contribution in [2.45, 2.75) is 32.9 Å². The molecule has 0 spiro atoms. The van der Waals surface area contributed by atoms with E-state index in [1.807, 2.05) is 42.2 Å². The molecule has 0 aliphatic carbocycles. The lowest BCUT2D eigenvalue weighted by atomic mass is 10.1. The van der Waals surface area contributed by atoms with Gasteiger partial charge in [-0.15, -0.1) is 0 Å². The van der Waals surface area contributed by atoms with Gasteiger partial charge in [0.2, 0.25) is 5.91 Å². The number of hydrogen-bond donors (Lipinski definition) is 2. The van der Waals surface area contributed by atoms with Gasteiger partial charge < -0.3 is 20.0 Å². The second-order valence-electron chi connectivity index (χ2n) is 8.32. The highest BCUT2D eigenvalue weighted by atomic mass is 16.3. The van der Waals surface area contributed by atoms with E-state index in [9.17, 15) is 14.4 Å². The molecule has 0 radical (unpaired) electrons. The van der Waals surface area contributed by atoms with Crippen molar-refractivity contribution in [1.29, 1.82) is 0 Å². The van der Waals surface area contributed by atoms with Crippen LogP contribution in [0.15, 0.2) is 77.0 Å². The van der Waals surface area contributed by atoms with E-state index >= 15 is 0 Å². The zero-order valence-electron chi connectivity index (χ0n) is 19.0. The third-order valence-electron chi connectivity index (χ3n) is 5.62. The van der Waals surface area contributed by atoms with Crippen molar-refractivity contribution in [2.24, 2.45) is 0 Å². The molecule has 4 rings (SSSR count). The van der Waals surface area contributed by atoms with Gasteiger partial charge in [0.05, 0.1) is 6.26 Å². The average Bonchev–Trinajstić information content (AvgIpc) is 3.50. The lowest BCUT2D eigenvalue weighted by Crippen LogP contribution is -2.34. The van der Waals surface area contributed by atoms with Crippen LogP contribution >= 0.6 is 0 Å². The van der Waals surface area contributed by atoms with Crippen LogP contribution in [-0.2, 0) is 22.7 Å². The number of benzene rings is 2. The van der Waals surface area contributed by atoms with Gasteiger partial charge in [-0.2, -0.15) is 0 Å². The maximum absolute atomic E-state index is 12.9. The monoisotopic (exact) mass is 457 g/mol. The molecule has 34 heavy (non-hydrogen) atoms. The Morgan fingerprint density at radius 2 is 1.85 bits per heavy atom. The number of aryl methyl sites for hydroxylation is 1. The van der Waals surface area contributed by atoms with E-state index in [4.69, 9.17) is 4.42 Å². The first-order valence-electron chi connectivity index (χ1n) is 11.2. The van der Waals surface area contributed by atoms with E-state index in [0.717, 1.165) is 29.7 Å². The molecule has 2 N–H and O–H groups in total. The number of furan rings is 1. The van der Waals surface area contributed by atoms with Crippen molar-refractivity contribution in [1.82, 2.24) is 15.5 Å². The molecule has 1 aliphatic rings. The third kappa shape index (κ3) is 6.01. The number of nitrogens with one attached hydrogen (secondary N) is 2. The van der Waals surface area contributed by atoms with E-state index < -0.39 is 5.91 Å². The van der Waals surface area contributed by atoms with Crippen LogP contribution in [-0.4, -0.2) is 29.2 Å². The highest BCUT2D eigenvalue weighted by Gasteiger charge is 2.20. The molecule has 0 bridgehead atoms. The first-order chi connectivity index (χ1) is 16.5. The minimum atomic E-state index is -0.427. The molecule has 0 atom stereocenters. The van der Waals surface area contributed by atoms with Gasteiger partial charge >= 0.3 is 0 Å². The summed E-state index contributed by atoms with van der Waals surface area (Å²) in [6.07, 6.45) is 4.54. The maximum Gasteiger partial charge on any atom is 0.268 e. The molecule has 1 saturated heterocycles. The summed E-state index contributed by atoms with van der Waals surface area (Å²) < 4.78 is 5.32. The summed E-state index contributed by atoms with van der Waals surface area (Å²) in [6.45, 7) is 3.59. The Bertz CT molecular complexity index is 1200. The quantitative estimate of drug-likeness (QED) is 0.504. The fourth-order valence-corrected chi connectivity index (χ4v) is 3.79. The van der Waals surface area contributed by atoms with E-state index in [1.54, 1.807) is 30.3 Å². The van der Waals surface area contributed by atoms with Gasteiger partial charge in [0, 0.05) is 37.7 Å². The van der Waals surface area contributed by atoms with Gasteiger partial charge in [0.25, 0.3) is 11.8 Å². The predicted octanol–water partition coefficient (Wildman–Crippen LogP) is 3.80. The van der Waals surface area contributed by atoms with Crippen LogP contribution in [0.3, 0.4) is 0 Å². The van der Waals surface area contributed by atoms with E-state index in [-0.39, 0.29) is 24.1 Å². The Labute approximate surface area is 198 Å². The molecule has 2 aromatic carbocycles. The lowest BCUT2D eigenvalue weighted by molar-refractivity contribution is -0.128. The van der Waals surface area contributed by atoms with Crippen molar-refractivity contribution < 1.29 is 18.8 Å². The van der Waals surface area contributed by atoms with Crippen LogP contribution in [0.4, 0.5) is 0 Å². The molecule has 3 amide bonds. The molecule has 0 saturated carbocycles. The van der Waals surface area contributed by atoms with Crippen LogP contribution in [0.5, 0.6) is 0 Å². The second kappa shape index (κ2) is 10.7. The highest BCUT2D eigenvalue weighted by molar-refractivity contribution is 6.05. The first kappa shape index (κ1) is 23.0. The number of carbonyl (C=O) groups is 3. The van der Waals surface area contributed by atoms with Crippen molar-refractivity contribution in [2.75, 3.05) is 6.54 Å². The average molecular weight is 458 g/mol. The predicted molar refractivity (Wildman–Crippen MR) is 128 cm³/mol. The van der Waals surface area contributed by atoms with Crippen LogP contribution < -0.4 is 10.6 Å². The van der Waals surface area contributed by atoms with Crippen LogP contribution in [0.25, 0.3) is 6.08 Å². The minimum absolute atomic E-state index is 0.0885. The summed E-state index contributed by atoms with van der Waals surface area (Å²) >= 11 is 0. The van der Waals surface area contributed by atoms with Gasteiger partial charge in [-0.1, -0.05) is 42.0 Å². The number of carbonyl (C=O) groups excluding carboxylic acids is 3. The highest BCUT2D eigenvalue weighted by Crippen LogP contribution is 2.15. The Morgan fingerprint density at radius 3 is 2.53 bits per heavy atom. The van der Waals surface area contributed by atoms with Crippen molar-refractivity contribution in [3.8, 4) is 0 Å². The van der Waals surface area contributed by atoms with Gasteiger partial charge in [-0.25, -0.2) is 0 Å². The van der Waals surface area contributed by atoms with Crippen LogP contribution in [0.2, 0.25) is 0 Å². The van der Waals surface area contributed by atoms with Gasteiger partial charge in [0.1, 0.15) is 11.5 Å². The van der Waals surface area contributed by atoms with Crippen molar-refractivity contribution >= 4 is 23.8 Å². The van der Waals surface area contributed by atoms with E-state index in [0.29, 0.717) is 24.3 Å². The molecule has 1 fully saturated rings. The second-order valence-corrected chi connectivity index (χ2v) is 8.32. The van der Waals surface area contributed by atoms with E-state index in [1.165, 1.54) is 12.3 Å². The first-order valence-corrected chi connectivity index (χ1v) is 11.2. The van der Waals surface area contributed by atoms with Crippen LogP contribution in [0.1, 0.15) is 45.7 Å². The van der Waals surface area contributed by atoms with Gasteiger partial charge in [-0.05, 0) is 48.7 Å². The molecule has 2 heterocycles. The Hall–Kier alpha value is -4.13. The van der Waals surface area contributed by atoms with Gasteiger partial charge in [0.15, 0.2) is 0 Å². The Kier molecular flexibility index (Phi) is 7.22. The van der Waals surface area contributed by atoms with Crippen molar-refractivity contribution in [3.63, 3.8) is 0 Å². The maximum atomic E-state index is 12.9. The number of nitrogens with zero attached hydrogens (tertiary/aromatic N) is 1. The summed E-state index contributed by atoms with van der Waals surface area (Å²) in [5.74, 6) is -0.156. The smallest absolute Gasteiger partial charge is 0.268 e. The topological polar surface area (TPSA) is 91.7 Å². The number of hydrogen-bond acceptors (Lipinski definition) is 4. The van der Waals surface area contributed by atoms with Gasteiger partial charge in [-0.3, -0.25) is 14.4 Å². The molecule has 174 valence electrons. The summed E-state index contributed by atoms with van der Waals surface area (Å²) in [7, 11) is 0. The molecule has 3 aromatic rings. The Morgan fingerprint density at radius 1 is 1.06 bits per heavy atom. The number of amides is 3. The fourth-order valence-electron chi connectivity index (χ4n) is 3.79. The summed E-state index contributed by atoms with van der Waals surface area (Å²) in [5.41, 5.74) is 3.46. The van der Waals surface area contributed by atoms with Crippen LogP contribution in [0, 0.1) is 6.92 Å². The molecule has 7 nitrogen and oxygen atoms in total. The molecule has 7 heteroatoms. The molecule has 1 aromatic heterocycles. The standard InChI is InChI=1S/C27H27N3O4/c1-19-5-2-6-22(15-19)26(32)29-24(16-23-7-4-14-34-23)27(33)28-17-20-9-11-21(12-10-20)18-30-13-3-8-25(30)31/h2,4-7,9-12,14-16H,3,8,13,17-18H2,1H3,(H,28,33)(H,29,32)/b24-16-. The molecular formula is C27H27N3O4. The molecule has 1 aliphatic heterocycles. The fraction of sp³-hybridized carbons (Fsp3) is 0.222. The molecule has 0 unspecified atom stereocenters. The Balaban J connectivity index is 1.40. The normalized spacial score (nSPS) is 13.7. The largest absolute Gasteiger partial charge is 0.465 e. The summed E-state index contributed by atoms with van der Waals surface area (Å²) in [6, 6.07) is 18.3. The SMILES string of the molecule is Cc1cccc(C(=O)N/C(=C\c2ccco2)C(=O)NCc2ccc(CN3CCCC3=O)cc2)c1. The summed E-state index contributed by atoms with van der Waals surface area (Å²) in [5, 5.41) is 5.55. The molecular weight excluding hydrogens is 430 g/mol. The zero-order valence-corrected chi connectivity index (χ0v) is 19.0. The lowest BCUT2D eigenvalue weighted by Gasteiger charge is -2.16. The minimum Gasteiger partial charge on any atom is -0.465 e. The number of rotatable bonds is 8. The number of likely N-dealkylation sites (tertiary alicyclic amines) is 1. The van der Waals surface area contributed by atoms with Crippen molar-refractivity contribution in [3.05, 3.63) is 101 Å². The third-order valence-corrected chi connectivity index (χ3v) is 5.62. The summed E-state index contributed by atoms with van der Waals surface area (Å²) in [4.78, 5) is 39.3. The van der Waals surface area contributed by atoms with E-state index in [2.05, 4.69) is 10.6 Å².